The van der Waals surface area contributed by atoms with Gasteiger partial charge in [0.25, 0.3) is 0 Å². The first-order chi connectivity index (χ1) is 14.4. The van der Waals surface area contributed by atoms with Crippen LogP contribution in [-0.4, -0.2) is 72.7 Å². The SMILES string of the molecule is CC(C)(C)OC(=O)NN(C(=O)OC(C)(C)C)c1ccc(OCCN2CCOCC2)nc1. The number of rotatable bonds is 5. The molecule has 0 unspecified atom stereocenters. The molecule has 2 heterocycles. The van der Waals surface area contributed by atoms with Crippen molar-refractivity contribution in [2.45, 2.75) is 52.7 Å². The smallest absolute Gasteiger partial charge is 0.434 e. The fraction of sp³-hybridized carbons (Fsp3) is 0.667. The zero-order valence-electron chi connectivity index (χ0n) is 19.3. The molecule has 10 nitrogen and oxygen atoms in total. The fourth-order valence-electron chi connectivity index (χ4n) is 2.61. The molecule has 2 amide bonds. The maximum Gasteiger partial charge on any atom is 0.434 e. The van der Waals surface area contributed by atoms with E-state index in [0.717, 1.165) is 37.9 Å². The highest BCUT2D eigenvalue weighted by Crippen LogP contribution is 2.19. The zero-order chi connectivity index (χ0) is 23.1. The van der Waals surface area contributed by atoms with Crippen LogP contribution in [0.15, 0.2) is 18.3 Å². The number of hydrogen-bond donors (Lipinski definition) is 1. The molecule has 31 heavy (non-hydrogen) atoms. The van der Waals surface area contributed by atoms with E-state index in [-0.39, 0.29) is 0 Å². The molecular formula is C21H34N4O6. The van der Waals surface area contributed by atoms with Gasteiger partial charge in [-0.1, -0.05) is 0 Å². The van der Waals surface area contributed by atoms with Crippen molar-refractivity contribution in [3.8, 4) is 5.88 Å². The van der Waals surface area contributed by atoms with Gasteiger partial charge >= 0.3 is 12.2 Å². The monoisotopic (exact) mass is 438 g/mol. The van der Waals surface area contributed by atoms with Crippen LogP contribution in [0.1, 0.15) is 41.5 Å². The number of ether oxygens (including phenoxy) is 4. The number of nitrogens with zero attached hydrogens (tertiary/aromatic N) is 3. The average Bonchev–Trinajstić information content (AvgIpc) is 2.65. The summed E-state index contributed by atoms with van der Waals surface area (Å²) >= 11 is 0. The number of hydrazine groups is 1. The lowest BCUT2D eigenvalue weighted by atomic mass is 10.2. The summed E-state index contributed by atoms with van der Waals surface area (Å²) in [4.78, 5) is 31.4. The van der Waals surface area contributed by atoms with E-state index in [1.54, 1.807) is 53.7 Å². The van der Waals surface area contributed by atoms with E-state index in [1.807, 2.05) is 0 Å². The number of hydrogen-bond acceptors (Lipinski definition) is 8. The standard InChI is InChI=1S/C21H34N4O6/c1-20(2,3)30-18(26)23-25(19(27)31-21(4,5)6)16-7-8-17(22-15-16)29-14-11-24-9-12-28-13-10-24/h7-8,15H,9-14H2,1-6H3,(H,23,26). The van der Waals surface area contributed by atoms with Gasteiger partial charge in [-0.3, -0.25) is 4.90 Å². The normalized spacial score (nSPS) is 15.2. The molecular weight excluding hydrogens is 404 g/mol. The van der Waals surface area contributed by atoms with Gasteiger partial charge in [-0.15, -0.1) is 0 Å². The van der Waals surface area contributed by atoms with Crippen LogP contribution >= 0.6 is 0 Å². The molecule has 0 bridgehead atoms. The van der Waals surface area contributed by atoms with Crippen LogP contribution in [0.25, 0.3) is 0 Å². The third-order valence-corrected chi connectivity index (χ3v) is 3.92. The minimum Gasteiger partial charge on any atom is -0.476 e. The molecule has 0 radical (unpaired) electrons. The Labute approximate surface area is 183 Å². The summed E-state index contributed by atoms with van der Waals surface area (Å²) in [6.07, 6.45) is -0.129. The van der Waals surface area contributed by atoms with Gasteiger partial charge in [0.15, 0.2) is 0 Å². The minimum absolute atomic E-state index is 0.306. The van der Waals surface area contributed by atoms with E-state index in [0.29, 0.717) is 18.2 Å². The van der Waals surface area contributed by atoms with E-state index in [4.69, 9.17) is 18.9 Å². The summed E-state index contributed by atoms with van der Waals surface area (Å²) < 4.78 is 21.7. The second-order valence-electron chi connectivity index (χ2n) is 9.09. The molecule has 10 heteroatoms. The zero-order valence-corrected chi connectivity index (χ0v) is 19.3. The Kier molecular flexibility index (Phi) is 8.46. The fourth-order valence-corrected chi connectivity index (χ4v) is 2.61. The highest BCUT2D eigenvalue weighted by atomic mass is 16.6. The lowest BCUT2D eigenvalue weighted by Crippen LogP contribution is -2.50. The Morgan fingerprint density at radius 3 is 2.29 bits per heavy atom. The topological polar surface area (TPSA) is 102 Å². The van der Waals surface area contributed by atoms with Gasteiger partial charge in [-0.25, -0.2) is 20.0 Å². The van der Waals surface area contributed by atoms with Gasteiger partial charge in [-0.05, 0) is 47.6 Å². The minimum atomic E-state index is -0.788. The Balaban J connectivity index is 2.02. The van der Waals surface area contributed by atoms with Crippen LogP contribution in [0.3, 0.4) is 0 Å². The highest BCUT2D eigenvalue weighted by Gasteiger charge is 2.27. The lowest BCUT2D eigenvalue weighted by Gasteiger charge is -2.28. The molecule has 1 N–H and O–H groups in total. The van der Waals surface area contributed by atoms with Gasteiger partial charge in [0.05, 0.1) is 25.1 Å². The van der Waals surface area contributed by atoms with Gasteiger partial charge in [0.1, 0.15) is 17.8 Å². The largest absolute Gasteiger partial charge is 0.476 e. The van der Waals surface area contributed by atoms with Crippen molar-refractivity contribution in [3.05, 3.63) is 18.3 Å². The summed E-state index contributed by atoms with van der Waals surface area (Å²) in [7, 11) is 0. The number of anilines is 1. The molecule has 1 aliphatic rings. The Bertz CT molecular complexity index is 721. The number of amides is 2. The van der Waals surface area contributed by atoms with Crippen LogP contribution in [0, 0.1) is 0 Å². The van der Waals surface area contributed by atoms with Crippen molar-refractivity contribution in [2.75, 3.05) is 44.5 Å². The van der Waals surface area contributed by atoms with Crippen LogP contribution in [0.2, 0.25) is 0 Å². The number of nitrogens with one attached hydrogen (secondary N) is 1. The van der Waals surface area contributed by atoms with Crippen molar-refractivity contribution < 1.29 is 28.5 Å². The molecule has 0 saturated carbocycles. The number of morpholine rings is 1. The Hall–Kier alpha value is -2.59. The van der Waals surface area contributed by atoms with E-state index in [2.05, 4.69) is 15.3 Å². The Morgan fingerprint density at radius 1 is 1.10 bits per heavy atom. The number of pyridine rings is 1. The van der Waals surface area contributed by atoms with Crippen molar-refractivity contribution in [2.24, 2.45) is 0 Å². The second kappa shape index (κ2) is 10.6. The molecule has 1 aliphatic heterocycles. The average molecular weight is 439 g/mol. The molecule has 174 valence electrons. The molecule has 2 rings (SSSR count). The van der Waals surface area contributed by atoms with Gasteiger partial charge < -0.3 is 18.9 Å². The summed E-state index contributed by atoms with van der Waals surface area (Å²) in [5.74, 6) is 0.415. The van der Waals surface area contributed by atoms with E-state index in [9.17, 15) is 9.59 Å². The maximum atomic E-state index is 12.7. The van der Waals surface area contributed by atoms with Crippen LogP contribution in [0.5, 0.6) is 5.88 Å². The van der Waals surface area contributed by atoms with Crippen LogP contribution in [-0.2, 0) is 14.2 Å². The van der Waals surface area contributed by atoms with Gasteiger partial charge in [0.2, 0.25) is 5.88 Å². The Morgan fingerprint density at radius 2 is 1.74 bits per heavy atom. The van der Waals surface area contributed by atoms with Crippen LogP contribution in [0.4, 0.5) is 15.3 Å². The highest BCUT2D eigenvalue weighted by molar-refractivity contribution is 5.90. The quantitative estimate of drug-likeness (QED) is 0.700. The van der Waals surface area contributed by atoms with Gasteiger partial charge in [0, 0.05) is 25.7 Å². The number of aromatic nitrogens is 1. The summed E-state index contributed by atoms with van der Waals surface area (Å²) in [6, 6.07) is 3.24. The molecule has 0 spiro atoms. The number of carbonyl (C=O) groups is 2. The first-order valence-electron chi connectivity index (χ1n) is 10.3. The molecule has 1 aromatic rings. The van der Waals surface area contributed by atoms with Crippen molar-refractivity contribution in [1.82, 2.24) is 15.3 Å². The third-order valence-electron chi connectivity index (χ3n) is 3.92. The lowest BCUT2D eigenvalue weighted by molar-refractivity contribution is 0.0320. The van der Waals surface area contributed by atoms with E-state index >= 15 is 0 Å². The first-order valence-corrected chi connectivity index (χ1v) is 10.3. The maximum absolute atomic E-state index is 12.7. The van der Waals surface area contributed by atoms with Crippen molar-refractivity contribution in [3.63, 3.8) is 0 Å². The first kappa shape index (κ1) is 24.7. The molecule has 1 aromatic heterocycles. The number of carbonyl (C=O) groups excluding carboxylic acids is 2. The summed E-state index contributed by atoms with van der Waals surface area (Å²) in [6.45, 7) is 14.9. The molecule has 1 saturated heterocycles. The molecule has 0 atom stereocenters. The molecule has 1 fully saturated rings. The molecule has 0 aromatic carbocycles. The third kappa shape index (κ3) is 9.39. The summed E-state index contributed by atoms with van der Waals surface area (Å²) in [5.41, 5.74) is 1.25. The predicted molar refractivity (Wildman–Crippen MR) is 115 cm³/mol. The predicted octanol–water partition coefficient (Wildman–Crippen LogP) is 2.97. The van der Waals surface area contributed by atoms with Crippen LogP contribution < -0.4 is 15.2 Å². The van der Waals surface area contributed by atoms with E-state index < -0.39 is 23.4 Å². The summed E-state index contributed by atoms with van der Waals surface area (Å²) in [5, 5.41) is 0.962. The van der Waals surface area contributed by atoms with Crippen molar-refractivity contribution >= 4 is 17.9 Å². The van der Waals surface area contributed by atoms with E-state index in [1.165, 1.54) is 6.20 Å². The molecule has 0 aliphatic carbocycles. The second-order valence-corrected chi connectivity index (χ2v) is 9.09. The van der Waals surface area contributed by atoms with Gasteiger partial charge in [-0.2, -0.15) is 5.01 Å². The van der Waals surface area contributed by atoms with Crippen molar-refractivity contribution in [1.29, 1.82) is 0 Å².